The third kappa shape index (κ3) is 3.44. The zero-order valence-electron chi connectivity index (χ0n) is 12.8. The van der Waals surface area contributed by atoms with Crippen molar-refractivity contribution in [3.05, 3.63) is 58.7 Å². The molecule has 0 radical (unpaired) electrons. The van der Waals surface area contributed by atoms with Crippen LogP contribution in [0.15, 0.2) is 36.4 Å². The van der Waals surface area contributed by atoms with E-state index in [1.165, 1.54) is 7.11 Å². The Kier molecular flexibility index (Phi) is 4.80. The van der Waals surface area contributed by atoms with Gasteiger partial charge in [-0.2, -0.15) is 5.26 Å². The Hall–Kier alpha value is -2.80. The van der Waals surface area contributed by atoms with Crippen LogP contribution in [0.1, 0.15) is 27.0 Å². The minimum Gasteiger partial charge on any atom is -0.493 e. The summed E-state index contributed by atoms with van der Waals surface area (Å²) in [5, 5.41) is 8.87. The number of aryl methyl sites for hydroxylation is 2. The predicted octanol–water partition coefficient (Wildman–Crippen LogP) is 3.45. The fourth-order valence-electron chi connectivity index (χ4n) is 2.11. The minimum atomic E-state index is -0.0902. The molecule has 0 bridgehead atoms. The average molecular weight is 295 g/mol. The number of carbonyl (C=O) groups is 1. The molecule has 4 nitrogen and oxygen atoms in total. The second kappa shape index (κ2) is 6.77. The van der Waals surface area contributed by atoms with Crippen LogP contribution in [0.2, 0.25) is 0 Å². The first-order valence-electron chi connectivity index (χ1n) is 6.86. The number of rotatable bonds is 5. The second-order valence-corrected chi connectivity index (χ2v) is 5.01. The fourth-order valence-corrected chi connectivity index (χ4v) is 2.11. The molecule has 0 fully saturated rings. The molecule has 0 unspecified atom stereocenters. The Morgan fingerprint density at radius 1 is 1.14 bits per heavy atom. The van der Waals surface area contributed by atoms with Crippen molar-refractivity contribution in [3.63, 3.8) is 0 Å². The smallest absolute Gasteiger partial charge is 0.200 e. The molecule has 0 aromatic heterocycles. The summed E-state index contributed by atoms with van der Waals surface area (Å²) in [4.78, 5) is 12.3. The summed E-state index contributed by atoms with van der Waals surface area (Å²) in [5.74, 6) is 0.792. The van der Waals surface area contributed by atoms with Gasteiger partial charge in [-0.15, -0.1) is 0 Å². The first-order valence-corrected chi connectivity index (χ1v) is 6.86. The molecule has 0 spiro atoms. The summed E-state index contributed by atoms with van der Waals surface area (Å²) in [6.45, 7) is 3.77. The quantitative estimate of drug-likeness (QED) is 0.793. The molecule has 112 valence electrons. The van der Waals surface area contributed by atoms with Gasteiger partial charge in [-0.3, -0.25) is 4.79 Å². The van der Waals surface area contributed by atoms with E-state index < -0.39 is 0 Å². The van der Waals surface area contributed by atoms with Gasteiger partial charge in [-0.1, -0.05) is 17.7 Å². The van der Waals surface area contributed by atoms with Crippen LogP contribution in [-0.2, 0) is 0 Å². The molecule has 2 rings (SSSR count). The number of ketones is 1. The van der Waals surface area contributed by atoms with Crippen LogP contribution in [0.4, 0.5) is 0 Å². The Balaban J connectivity index is 2.15. The Bertz CT molecular complexity index is 744. The van der Waals surface area contributed by atoms with Gasteiger partial charge in [0.05, 0.1) is 18.7 Å². The van der Waals surface area contributed by atoms with Gasteiger partial charge in [0.2, 0.25) is 0 Å². The van der Waals surface area contributed by atoms with E-state index in [-0.39, 0.29) is 12.4 Å². The summed E-state index contributed by atoms with van der Waals surface area (Å²) in [5.41, 5.74) is 3.09. The van der Waals surface area contributed by atoms with Gasteiger partial charge in [0.15, 0.2) is 23.9 Å². The second-order valence-electron chi connectivity index (χ2n) is 5.01. The summed E-state index contributed by atoms with van der Waals surface area (Å²) >= 11 is 0. The summed E-state index contributed by atoms with van der Waals surface area (Å²) < 4.78 is 10.7. The standard InChI is InChI=1S/C18H17NO3/c1-12-4-5-13(2)15(8-12)16(20)11-22-17-7-6-14(10-19)9-18(17)21-3/h4-9H,11H2,1-3H3. The molecule has 2 aromatic rings. The number of nitriles is 1. The maximum absolute atomic E-state index is 12.3. The summed E-state index contributed by atoms with van der Waals surface area (Å²) in [6.07, 6.45) is 0. The molecule has 2 aromatic carbocycles. The SMILES string of the molecule is COc1cc(C#N)ccc1OCC(=O)c1cc(C)ccc1C. The Morgan fingerprint density at radius 2 is 1.91 bits per heavy atom. The van der Waals surface area contributed by atoms with Crippen LogP contribution < -0.4 is 9.47 Å². The van der Waals surface area contributed by atoms with E-state index >= 15 is 0 Å². The lowest BCUT2D eigenvalue weighted by molar-refractivity contribution is 0.0919. The Labute approximate surface area is 129 Å². The number of hydrogen-bond acceptors (Lipinski definition) is 4. The predicted molar refractivity (Wildman–Crippen MR) is 83.5 cm³/mol. The number of ether oxygens (including phenoxy) is 2. The van der Waals surface area contributed by atoms with Crippen molar-refractivity contribution >= 4 is 5.78 Å². The number of hydrogen-bond donors (Lipinski definition) is 0. The maximum atomic E-state index is 12.3. The monoisotopic (exact) mass is 295 g/mol. The highest BCUT2D eigenvalue weighted by Crippen LogP contribution is 2.28. The lowest BCUT2D eigenvalue weighted by Gasteiger charge is -2.11. The number of carbonyl (C=O) groups excluding carboxylic acids is 1. The number of nitrogens with zero attached hydrogens (tertiary/aromatic N) is 1. The van der Waals surface area contributed by atoms with Crippen LogP contribution in [0.3, 0.4) is 0 Å². The van der Waals surface area contributed by atoms with E-state index in [9.17, 15) is 4.79 Å². The first kappa shape index (κ1) is 15.6. The van der Waals surface area contributed by atoms with Gasteiger partial charge in [-0.05, 0) is 37.6 Å². The van der Waals surface area contributed by atoms with Gasteiger partial charge >= 0.3 is 0 Å². The Morgan fingerprint density at radius 3 is 2.59 bits per heavy atom. The highest BCUT2D eigenvalue weighted by molar-refractivity contribution is 5.98. The number of benzene rings is 2. The molecule has 0 amide bonds. The van der Waals surface area contributed by atoms with Gasteiger partial charge in [0.1, 0.15) is 0 Å². The molecule has 0 atom stereocenters. The summed E-state index contributed by atoms with van der Waals surface area (Å²) in [6, 6.07) is 12.6. The van der Waals surface area contributed by atoms with E-state index in [1.807, 2.05) is 38.1 Å². The molecular weight excluding hydrogens is 278 g/mol. The van der Waals surface area contributed by atoms with E-state index in [1.54, 1.807) is 18.2 Å². The maximum Gasteiger partial charge on any atom is 0.200 e. The molecule has 4 heteroatoms. The normalized spacial score (nSPS) is 9.91. The number of methoxy groups -OCH3 is 1. The van der Waals surface area contributed by atoms with E-state index in [0.717, 1.165) is 11.1 Å². The lowest BCUT2D eigenvalue weighted by Crippen LogP contribution is -2.13. The molecule has 0 saturated heterocycles. The molecule has 0 heterocycles. The van der Waals surface area contributed by atoms with E-state index in [4.69, 9.17) is 14.7 Å². The number of Topliss-reactive ketones (excluding diaryl/α,β-unsaturated/α-hetero) is 1. The van der Waals surface area contributed by atoms with Crippen LogP contribution in [-0.4, -0.2) is 19.5 Å². The minimum absolute atomic E-state index is 0.0768. The van der Waals surface area contributed by atoms with Crippen LogP contribution in [0.25, 0.3) is 0 Å². The van der Waals surface area contributed by atoms with Crippen molar-refractivity contribution in [3.8, 4) is 17.6 Å². The third-order valence-corrected chi connectivity index (χ3v) is 3.34. The van der Waals surface area contributed by atoms with Crippen LogP contribution in [0.5, 0.6) is 11.5 Å². The van der Waals surface area contributed by atoms with E-state index in [0.29, 0.717) is 22.6 Å². The van der Waals surface area contributed by atoms with Crippen molar-refractivity contribution in [2.45, 2.75) is 13.8 Å². The van der Waals surface area contributed by atoms with Crippen molar-refractivity contribution < 1.29 is 14.3 Å². The van der Waals surface area contributed by atoms with Gasteiger partial charge in [0, 0.05) is 11.6 Å². The molecule has 22 heavy (non-hydrogen) atoms. The van der Waals surface area contributed by atoms with Crippen molar-refractivity contribution in [1.29, 1.82) is 5.26 Å². The molecule has 0 aliphatic heterocycles. The zero-order chi connectivity index (χ0) is 16.1. The van der Waals surface area contributed by atoms with Gasteiger partial charge in [-0.25, -0.2) is 0 Å². The fraction of sp³-hybridized carbons (Fsp3) is 0.222. The van der Waals surface area contributed by atoms with Crippen molar-refractivity contribution in [1.82, 2.24) is 0 Å². The van der Waals surface area contributed by atoms with E-state index in [2.05, 4.69) is 0 Å². The molecular formula is C18H17NO3. The van der Waals surface area contributed by atoms with Gasteiger partial charge < -0.3 is 9.47 Å². The average Bonchev–Trinajstić information content (AvgIpc) is 2.54. The summed E-state index contributed by atoms with van der Waals surface area (Å²) in [7, 11) is 1.50. The molecule has 0 saturated carbocycles. The van der Waals surface area contributed by atoms with Gasteiger partial charge in [0.25, 0.3) is 0 Å². The largest absolute Gasteiger partial charge is 0.493 e. The van der Waals surface area contributed by atoms with Crippen LogP contribution >= 0.6 is 0 Å². The molecule has 0 aliphatic carbocycles. The highest BCUT2D eigenvalue weighted by Gasteiger charge is 2.12. The first-order chi connectivity index (χ1) is 10.5. The zero-order valence-corrected chi connectivity index (χ0v) is 12.8. The molecule has 0 aliphatic rings. The van der Waals surface area contributed by atoms with Crippen LogP contribution in [0, 0.1) is 25.2 Å². The topological polar surface area (TPSA) is 59.3 Å². The third-order valence-electron chi connectivity index (χ3n) is 3.34. The lowest BCUT2D eigenvalue weighted by atomic mass is 10.0. The highest BCUT2D eigenvalue weighted by atomic mass is 16.5. The van der Waals surface area contributed by atoms with Crippen molar-refractivity contribution in [2.75, 3.05) is 13.7 Å². The van der Waals surface area contributed by atoms with Crippen molar-refractivity contribution in [2.24, 2.45) is 0 Å². The molecule has 0 N–H and O–H groups in total.